The Morgan fingerprint density at radius 1 is 0.490 bits per heavy atom. The first-order chi connectivity index (χ1) is 48.4. The third kappa shape index (κ3) is 13.7. The molecule has 0 aliphatic carbocycles. The van der Waals surface area contributed by atoms with Crippen LogP contribution in [0.4, 0.5) is 0 Å². The smallest absolute Gasteiger partial charge is 0.331 e. The highest BCUT2D eigenvalue weighted by molar-refractivity contribution is 7.13. The van der Waals surface area contributed by atoms with Crippen LogP contribution in [0.15, 0.2) is 191 Å². The molecule has 0 saturated carbocycles. The zero-order valence-electron chi connectivity index (χ0n) is 57.5. The van der Waals surface area contributed by atoms with E-state index in [0.717, 1.165) is 94.0 Å². The molecule has 1 N–H and O–H groups in total. The number of carbonyl (C=O) groups is 3. The average Bonchev–Trinajstić information content (AvgIpc) is 1.61. The maximum absolute atomic E-state index is 14.0. The minimum atomic E-state index is -0.975. The second-order valence-electron chi connectivity index (χ2n) is 25.2. The van der Waals surface area contributed by atoms with E-state index < -0.39 is 18.1 Å². The van der Waals surface area contributed by atoms with E-state index in [0.29, 0.717) is 55.1 Å². The minimum Gasteiger partial charge on any atom is -0.481 e. The molecule has 14 rings (SSSR count). The summed E-state index contributed by atoms with van der Waals surface area (Å²) in [6.07, 6.45) is 10.6. The van der Waals surface area contributed by atoms with Crippen LogP contribution >= 0.6 is 11.5 Å². The lowest BCUT2D eigenvalue weighted by Gasteiger charge is -2.18. The van der Waals surface area contributed by atoms with E-state index in [2.05, 4.69) is 105 Å². The number of hydrogen-bond donors (Lipinski definition) is 1. The SMILES string of the molecule is CCC[C@@H](CC(=O)OCC)n1c(=O)n(Cc2nsc3cc(C)cc(C)c23)c2cccnc21.CCOC(=O)C[C@H](c1ccccc1)n1c(=O)n(Cc2cn(C)c3cccc(C)c23)c2cccnc21.Cc1cccc2c1c(Cn1c(=O)n([C@H](CC(=O)O)c3ccccc3)c3ncccc31)cn2C. The topological polar surface area (TPSA) is 232 Å². The van der Waals surface area contributed by atoms with Crippen LogP contribution in [0, 0.1) is 27.7 Å². The van der Waals surface area contributed by atoms with E-state index in [1.165, 1.54) is 21.7 Å². The van der Waals surface area contributed by atoms with Crippen molar-refractivity contribution < 1.29 is 29.0 Å². The Balaban J connectivity index is 0.000000142. The van der Waals surface area contributed by atoms with Crippen molar-refractivity contribution in [3.63, 3.8) is 0 Å². The van der Waals surface area contributed by atoms with Gasteiger partial charge in [-0.25, -0.2) is 29.3 Å². The number of pyridine rings is 3. The molecule has 22 heteroatoms. The standard InChI is InChI=1S/C28H28N4O3.C26H24N4O3.C24H28N4O3S/c1-4-35-25(33)16-24(20-11-6-5-7-12-20)32-27-23(14-9-15-29-27)31(28(32)34)18-21-17-30(3)22-13-8-10-19(2)26(21)22;1-17-8-6-11-20-24(17)19(15-28(20)2)16-29-21-12-7-13-27-25(21)30(26(29)33)22(14-23(31)32)18-9-4-3-5-10-18;1-5-8-17(13-21(29)31-6-2)28-23-19(9-7-10-25-23)27(24(28)30)14-18-22-16(4)11-15(3)12-20(22)32-26-18/h5-15,17,24H,4,16,18H2,1-3H3;3-13,15,22H,14,16H2,1-2H3,(H,31,32);7,9-12,17H,5-6,8,13-14H2,1-4H3/t24-;22-;17-/m110/s1. The second kappa shape index (κ2) is 29.8. The van der Waals surface area contributed by atoms with Gasteiger partial charge in [0.1, 0.15) is 0 Å². The Morgan fingerprint density at radius 3 is 1.40 bits per heavy atom. The van der Waals surface area contributed by atoms with Crippen molar-refractivity contribution in [1.29, 1.82) is 0 Å². The van der Waals surface area contributed by atoms with Gasteiger partial charge in [-0.2, -0.15) is 4.37 Å². The van der Waals surface area contributed by atoms with Gasteiger partial charge in [0.05, 0.1) is 97.2 Å². The van der Waals surface area contributed by atoms with Crippen LogP contribution in [0.2, 0.25) is 0 Å². The fraction of sp³-hybridized carbons (Fsp3) is 0.282. The third-order valence-corrected chi connectivity index (χ3v) is 19.3. The maximum Gasteiger partial charge on any atom is 0.331 e. The molecule has 0 saturated heterocycles. The van der Waals surface area contributed by atoms with Gasteiger partial charge in [-0.1, -0.05) is 104 Å². The van der Waals surface area contributed by atoms with Gasteiger partial charge < -0.3 is 23.7 Å². The number of aromatic nitrogens is 12. The lowest BCUT2D eigenvalue weighted by Crippen LogP contribution is -2.30. The van der Waals surface area contributed by atoms with Gasteiger partial charge in [0, 0.05) is 72.3 Å². The molecule has 0 amide bonds. The van der Waals surface area contributed by atoms with Crippen LogP contribution in [-0.4, -0.2) is 92.1 Å². The van der Waals surface area contributed by atoms with Crippen molar-refractivity contribution >= 4 is 94.8 Å². The van der Waals surface area contributed by atoms with Crippen LogP contribution in [0.5, 0.6) is 0 Å². The van der Waals surface area contributed by atoms with Gasteiger partial charge in [-0.05, 0) is 159 Å². The summed E-state index contributed by atoms with van der Waals surface area (Å²) in [4.78, 5) is 91.6. The number of ether oxygens (including phenoxy) is 2. The number of rotatable bonds is 21. The molecule has 0 unspecified atom stereocenters. The zero-order valence-corrected chi connectivity index (χ0v) is 58.4. The number of carboxylic acid groups (broad SMARTS) is 1. The summed E-state index contributed by atoms with van der Waals surface area (Å²) in [5.41, 5.74) is 14.6. The molecule has 0 spiro atoms. The molecule has 0 aliphatic heterocycles. The van der Waals surface area contributed by atoms with E-state index in [1.807, 2.05) is 124 Å². The summed E-state index contributed by atoms with van der Waals surface area (Å²) in [7, 11) is 4.01. The first kappa shape index (κ1) is 68.7. The Labute approximate surface area is 580 Å². The van der Waals surface area contributed by atoms with Crippen molar-refractivity contribution in [2.75, 3.05) is 13.2 Å². The number of benzene rings is 5. The van der Waals surface area contributed by atoms with Crippen molar-refractivity contribution in [1.82, 2.24) is 55.9 Å². The number of aryl methyl sites for hydroxylation is 6. The first-order valence-electron chi connectivity index (χ1n) is 33.6. The molecule has 9 heterocycles. The molecule has 9 aromatic heterocycles. The number of hydrogen-bond acceptors (Lipinski definition) is 13. The van der Waals surface area contributed by atoms with Gasteiger partial charge >= 0.3 is 35.0 Å². The number of esters is 2. The van der Waals surface area contributed by atoms with Gasteiger partial charge in [0.2, 0.25) is 0 Å². The molecule has 21 nitrogen and oxygen atoms in total. The normalized spacial score (nSPS) is 12.4. The highest BCUT2D eigenvalue weighted by Gasteiger charge is 2.30. The van der Waals surface area contributed by atoms with Crippen LogP contribution in [0.1, 0.15) is 121 Å². The molecule has 3 atom stereocenters. The predicted molar refractivity (Wildman–Crippen MR) is 392 cm³/mol. The fourth-order valence-electron chi connectivity index (χ4n) is 14.2. The number of carbonyl (C=O) groups excluding carboxylic acids is 2. The molecule has 14 aromatic rings. The van der Waals surface area contributed by atoms with Gasteiger partial charge in [-0.3, -0.25) is 41.8 Å². The molecule has 0 bridgehead atoms. The zero-order chi connectivity index (χ0) is 70.5. The van der Waals surface area contributed by atoms with E-state index >= 15 is 0 Å². The van der Waals surface area contributed by atoms with E-state index in [9.17, 15) is 33.9 Å². The number of carboxylic acids is 1. The fourth-order valence-corrected chi connectivity index (χ4v) is 15.1. The molecule has 512 valence electrons. The third-order valence-electron chi connectivity index (χ3n) is 18.4. The Hall–Kier alpha value is -11.3. The van der Waals surface area contributed by atoms with E-state index in [4.69, 9.17) is 9.47 Å². The first-order valence-corrected chi connectivity index (χ1v) is 34.4. The molecule has 5 aromatic carbocycles. The minimum absolute atomic E-state index is 0.0425. The molecule has 100 heavy (non-hydrogen) atoms. The summed E-state index contributed by atoms with van der Waals surface area (Å²) < 4.78 is 30.4. The summed E-state index contributed by atoms with van der Waals surface area (Å²) in [5.74, 6) is -1.63. The number of imidazole rings is 3. The lowest BCUT2D eigenvalue weighted by atomic mass is 10.0. The average molecular weight is 1360 g/mol. The monoisotopic (exact) mass is 1360 g/mol. The van der Waals surface area contributed by atoms with E-state index in [-0.39, 0.29) is 60.9 Å². The van der Waals surface area contributed by atoms with Crippen molar-refractivity contribution in [3.8, 4) is 0 Å². The lowest BCUT2D eigenvalue weighted by molar-refractivity contribution is -0.144. The van der Waals surface area contributed by atoms with E-state index in [1.54, 1.807) is 61.3 Å². The van der Waals surface area contributed by atoms with Crippen LogP contribution < -0.4 is 17.1 Å². The largest absolute Gasteiger partial charge is 0.481 e. The Morgan fingerprint density at radius 2 is 0.930 bits per heavy atom. The molecular weight excluding hydrogens is 1280 g/mol. The van der Waals surface area contributed by atoms with Gasteiger partial charge in [0.25, 0.3) is 0 Å². The Bertz CT molecular complexity index is 5530. The van der Waals surface area contributed by atoms with Gasteiger partial charge in [-0.15, -0.1) is 0 Å². The van der Waals surface area contributed by atoms with Crippen LogP contribution in [-0.2, 0) is 57.6 Å². The molecule has 0 fully saturated rings. The summed E-state index contributed by atoms with van der Waals surface area (Å²) in [6, 6.07) is 45.1. The second-order valence-corrected chi connectivity index (χ2v) is 26.0. The number of nitrogens with zero attached hydrogens (tertiary/aromatic N) is 12. The van der Waals surface area contributed by atoms with Crippen molar-refractivity contribution in [2.24, 2.45) is 14.1 Å². The molecule has 0 aliphatic rings. The molecule has 0 radical (unpaired) electrons. The predicted octanol–water partition coefficient (Wildman–Crippen LogP) is 13.5. The number of fused-ring (bicyclic) bond motifs is 6. The maximum atomic E-state index is 14.0. The summed E-state index contributed by atoms with van der Waals surface area (Å²) >= 11 is 1.46. The van der Waals surface area contributed by atoms with Crippen molar-refractivity contribution in [2.45, 2.75) is 118 Å². The van der Waals surface area contributed by atoms with Gasteiger partial charge in [0.15, 0.2) is 16.9 Å². The summed E-state index contributed by atoms with van der Waals surface area (Å²) in [6.45, 7) is 15.7. The van der Waals surface area contributed by atoms with Crippen LogP contribution in [0.25, 0.3) is 65.4 Å². The van der Waals surface area contributed by atoms with Crippen LogP contribution in [0.3, 0.4) is 0 Å². The summed E-state index contributed by atoms with van der Waals surface area (Å²) in [5, 5.41) is 13.0. The number of aliphatic carboxylic acids is 1. The quantitative estimate of drug-likeness (QED) is 0.0660. The highest BCUT2D eigenvalue weighted by Crippen LogP contribution is 2.33. The highest BCUT2D eigenvalue weighted by atomic mass is 32.1. The van der Waals surface area contributed by atoms with Crippen molar-refractivity contribution in [3.05, 3.63) is 258 Å². The molecular formula is C78H80N12O9S. The Kier molecular flexibility index (Phi) is 20.5.